The second-order valence-electron chi connectivity index (χ2n) is 4.99. The maximum Gasteiger partial charge on any atom is 0.418 e. The van der Waals surface area contributed by atoms with Crippen LogP contribution in [0.25, 0.3) is 0 Å². The van der Waals surface area contributed by atoms with Crippen LogP contribution in [0.1, 0.15) is 18.9 Å². The van der Waals surface area contributed by atoms with Crippen molar-refractivity contribution in [2.75, 3.05) is 10.5 Å². The summed E-state index contributed by atoms with van der Waals surface area (Å²) < 4.78 is 76.7. The summed E-state index contributed by atoms with van der Waals surface area (Å²) in [6.07, 6.45) is -5.66. The molecule has 1 amide bonds. The number of amides is 1. The molecule has 1 aromatic carbocycles. The van der Waals surface area contributed by atoms with Gasteiger partial charge in [0.1, 0.15) is 11.9 Å². The van der Waals surface area contributed by atoms with Crippen molar-refractivity contribution in [3.05, 3.63) is 29.6 Å². The number of hydrogen-bond acceptors (Lipinski definition) is 4. The molecule has 0 aliphatic carbocycles. The predicted octanol–water partition coefficient (Wildman–Crippen LogP) is 1.57. The van der Waals surface area contributed by atoms with Crippen LogP contribution in [0, 0.1) is 5.82 Å². The normalized spacial score (nSPS) is 13.2. The number of benzene rings is 1. The van der Waals surface area contributed by atoms with E-state index >= 15 is 0 Å². The Hall–Kier alpha value is -2.37. The second kappa shape index (κ2) is 7.68. The SMILES string of the molecule is CC(NC(=O)CCS(=O)(=O)Nc1ccc(F)cc1C(F)(F)F)C(=O)O. The lowest BCUT2D eigenvalue weighted by atomic mass is 10.2. The van der Waals surface area contributed by atoms with Gasteiger partial charge in [0.25, 0.3) is 0 Å². The standard InChI is InChI=1S/C13H14F4N2O5S/c1-7(12(21)22)18-11(20)4-5-25(23,24)19-10-3-2-8(14)6-9(10)13(15,16)17/h2-3,6-7,19H,4-5H2,1H3,(H,18,20)(H,21,22). The van der Waals surface area contributed by atoms with Gasteiger partial charge in [-0.05, 0) is 25.1 Å². The van der Waals surface area contributed by atoms with Gasteiger partial charge >= 0.3 is 12.1 Å². The third kappa shape index (κ3) is 6.57. The van der Waals surface area contributed by atoms with E-state index in [1.54, 1.807) is 4.72 Å². The summed E-state index contributed by atoms with van der Waals surface area (Å²) >= 11 is 0. The number of carbonyl (C=O) groups is 2. The van der Waals surface area contributed by atoms with Crippen molar-refractivity contribution in [1.82, 2.24) is 5.32 Å². The first-order chi connectivity index (χ1) is 11.3. The largest absolute Gasteiger partial charge is 0.480 e. The summed E-state index contributed by atoms with van der Waals surface area (Å²) in [6.45, 7) is 1.15. The Bertz CT molecular complexity index is 764. The monoisotopic (exact) mass is 386 g/mol. The van der Waals surface area contributed by atoms with Crippen molar-refractivity contribution in [2.45, 2.75) is 25.6 Å². The van der Waals surface area contributed by atoms with Crippen molar-refractivity contribution in [2.24, 2.45) is 0 Å². The molecule has 140 valence electrons. The molecule has 25 heavy (non-hydrogen) atoms. The summed E-state index contributed by atoms with van der Waals surface area (Å²) in [5, 5.41) is 10.6. The average molecular weight is 386 g/mol. The van der Waals surface area contributed by atoms with Crippen LogP contribution in [0.15, 0.2) is 18.2 Å². The van der Waals surface area contributed by atoms with Gasteiger partial charge in [-0.25, -0.2) is 12.8 Å². The zero-order chi connectivity index (χ0) is 19.4. The van der Waals surface area contributed by atoms with Crippen molar-refractivity contribution in [1.29, 1.82) is 0 Å². The number of aliphatic carboxylic acids is 1. The molecule has 1 aromatic rings. The number of anilines is 1. The number of carbonyl (C=O) groups excluding carboxylic acids is 1. The van der Waals surface area contributed by atoms with E-state index < -0.39 is 63.4 Å². The first-order valence-electron chi connectivity index (χ1n) is 6.71. The molecule has 0 saturated heterocycles. The molecule has 3 N–H and O–H groups in total. The highest BCUT2D eigenvalue weighted by atomic mass is 32.2. The minimum atomic E-state index is -4.99. The molecule has 1 unspecified atom stereocenters. The number of alkyl halides is 3. The van der Waals surface area contributed by atoms with E-state index in [0.29, 0.717) is 12.1 Å². The highest BCUT2D eigenvalue weighted by Crippen LogP contribution is 2.35. The highest BCUT2D eigenvalue weighted by molar-refractivity contribution is 7.92. The maximum atomic E-state index is 13.0. The van der Waals surface area contributed by atoms with Crippen molar-refractivity contribution in [3.8, 4) is 0 Å². The van der Waals surface area contributed by atoms with E-state index in [0.717, 1.165) is 6.92 Å². The van der Waals surface area contributed by atoms with Gasteiger partial charge in [-0.3, -0.25) is 14.3 Å². The zero-order valence-electron chi connectivity index (χ0n) is 12.7. The van der Waals surface area contributed by atoms with Gasteiger partial charge in [0.2, 0.25) is 15.9 Å². The summed E-state index contributed by atoms with van der Waals surface area (Å²) in [5.74, 6) is -4.33. The fourth-order valence-corrected chi connectivity index (χ4v) is 2.73. The average Bonchev–Trinajstić information content (AvgIpc) is 2.45. The molecule has 0 bridgehead atoms. The van der Waals surface area contributed by atoms with Gasteiger partial charge < -0.3 is 10.4 Å². The lowest BCUT2D eigenvalue weighted by Crippen LogP contribution is -2.39. The quantitative estimate of drug-likeness (QED) is 0.616. The van der Waals surface area contributed by atoms with Gasteiger partial charge in [0.15, 0.2) is 0 Å². The molecular formula is C13H14F4N2O5S. The first kappa shape index (κ1) is 20.7. The number of nitrogens with one attached hydrogen (secondary N) is 2. The second-order valence-corrected chi connectivity index (χ2v) is 6.83. The topological polar surface area (TPSA) is 113 Å². The molecule has 0 fully saturated rings. The van der Waals surface area contributed by atoms with Crippen molar-refractivity contribution >= 4 is 27.6 Å². The van der Waals surface area contributed by atoms with E-state index in [2.05, 4.69) is 0 Å². The molecule has 0 aliphatic rings. The van der Waals surface area contributed by atoms with Crippen LogP contribution >= 0.6 is 0 Å². The Kier molecular flexibility index (Phi) is 6.35. The molecule has 1 rings (SSSR count). The number of carboxylic acids is 1. The summed E-state index contributed by atoms with van der Waals surface area (Å²) in [5.41, 5.74) is -2.40. The van der Waals surface area contributed by atoms with E-state index in [9.17, 15) is 35.6 Å². The van der Waals surface area contributed by atoms with Gasteiger partial charge in [-0.1, -0.05) is 0 Å². The smallest absolute Gasteiger partial charge is 0.418 e. The van der Waals surface area contributed by atoms with Gasteiger partial charge in [0, 0.05) is 6.42 Å². The van der Waals surface area contributed by atoms with Crippen LogP contribution < -0.4 is 10.0 Å². The number of halogens is 4. The van der Waals surface area contributed by atoms with E-state index in [-0.39, 0.29) is 6.07 Å². The minimum Gasteiger partial charge on any atom is -0.480 e. The van der Waals surface area contributed by atoms with Crippen molar-refractivity contribution in [3.63, 3.8) is 0 Å². The van der Waals surface area contributed by atoms with Crippen LogP contribution in [0.2, 0.25) is 0 Å². The van der Waals surface area contributed by atoms with Gasteiger partial charge in [0.05, 0.1) is 17.0 Å². The zero-order valence-corrected chi connectivity index (χ0v) is 13.5. The molecule has 0 spiro atoms. The number of rotatable bonds is 7. The molecule has 0 aliphatic heterocycles. The van der Waals surface area contributed by atoms with E-state index in [4.69, 9.17) is 5.11 Å². The number of hydrogen-bond donors (Lipinski definition) is 3. The van der Waals surface area contributed by atoms with Gasteiger partial charge in [-0.2, -0.15) is 13.2 Å². The van der Waals surface area contributed by atoms with E-state index in [1.807, 2.05) is 5.32 Å². The van der Waals surface area contributed by atoms with Crippen molar-refractivity contribution < 1.29 is 40.7 Å². The Morgan fingerprint density at radius 2 is 1.88 bits per heavy atom. The van der Waals surface area contributed by atoms with E-state index in [1.165, 1.54) is 0 Å². The Morgan fingerprint density at radius 3 is 2.40 bits per heavy atom. The molecule has 7 nitrogen and oxygen atoms in total. The van der Waals surface area contributed by atoms with Crippen LogP contribution in [0.3, 0.4) is 0 Å². The van der Waals surface area contributed by atoms with Crippen LogP contribution in [0.4, 0.5) is 23.2 Å². The fraction of sp³-hybridized carbons (Fsp3) is 0.385. The Labute approximate surface area is 140 Å². The minimum absolute atomic E-state index is 0.138. The lowest BCUT2D eigenvalue weighted by Gasteiger charge is -2.15. The first-order valence-corrected chi connectivity index (χ1v) is 8.36. The number of carboxylic acid groups (broad SMARTS) is 1. The maximum absolute atomic E-state index is 13.0. The predicted molar refractivity (Wildman–Crippen MR) is 78.7 cm³/mol. The fourth-order valence-electron chi connectivity index (χ4n) is 1.66. The third-order valence-corrected chi connectivity index (χ3v) is 4.17. The molecule has 0 saturated carbocycles. The molecule has 0 aromatic heterocycles. The Morgan fingerprint density at radius 1 is 1.28 bits per heavy atom. The third-order valence-electron chi connectivity index (χ3n) is 2.90. The molecular weight excluding hydrogens is 372 g/mol. The Balaban J connectivity index is 2.83. The van der Waals surface area contributed by atoms with Crippen LogP contribution in [-0.4, -0.2) is 37.2 Å². The van der Waals surface area contributed by atoms with Crippen LogP contribution in [-0.2, 0) is 25.8 Å². The lowest BCUT2D eigenvalue weighted by molar-refractivity contribution is -0.141. The molecule has 0 heterocycles. The summed E-state index contributed by atoms with van der Waals surface area (Å²) in [7, 11) is -4.36. The number of sulfonamides is 1. The summed E-state index contributed by atoms with van der Waals surface area (Å²) in [6, 6.07) is 0.146. The summed E-state index contributed by atoms with van der Waals surface area (Å²) in [4.78, 5) is 22.0. The molecule has 1 atom stereocenters. The highest BCUT2D eigenvalue weighted by Gasteiger charge is 2.35. The van der Waals surface area contributed by atoms with Gasteiger partial charge in [-0.15, -0.1) is 0 Å². The molecule has 0 radical (unpaired) electrons. The van der Waals surface area contributed by atoms with Crippen LogP contribution in [0.5, 0.6) is 0 Å². The molecule has 12 heteroatoms.